The predicted molar refractivity (Wildman–Crippen MR) is 102 cm³/mol. The quantitative estimate of drug-likeness (QED) is 0.802. The molecule has 0 aliphatic heterocycles. The Morgan fingerprint density at radius 3 is 2.32 bits per heavy atom. The summed E-state index contributed by atoms with van der Waals surface area (Å²) in [6.45, 7) is 2.24. The fourth-order valence-electron chi connectivity index (χ4n) is 2.41. The lowest BCUT2D eigenvalue weighted by Crippen LogP contribution is -2.30. The second-order valence-electron chi connectivity index (χ2n) is 5.79. The first-order chi connectivity index (χ1) is 11.3. The molecule has 1 atom stereocenters. The number of hydrogen-bond donors (Lipinski definition) is 2. The molecule has 0 radical (unpaired) electrons. The highest BCUT2D eigenvalue weighted by Gasteiger charge is 2.18. The van der Waals surface area contributed by atoms with Crippen LogP contribution in [0.4, 0.5) is 0 Å². The number of rotatable bonds is 6. The van der Waals surface area contributed by atoms with E-state index in [0.29, 0.717) is 5.56 Å². The minimum Gasteiger partial charge on any atom is -0.345 e. The summed E-state index contributed by atoms with van der Waals surface area (Å²) in [5, 5.41) is 2.93. The van der Waals surface area contributed by atoms with Crippen molar-refractivity contribution in [3.63, 3.8) is 0 Å². The maximum Gasteiger partial charge on any atom is 0.222 e. The fourth-order valence-corrected chi connectivity index (χ4v) is 3.08. The number of aryl methyl sites for hydroxylation is 1. The number of halogens is 1. The third kappa shape index (κ3) is 5.85. The van der Waals surface area contributed by atoms with E-state index in [1.165, 1.54) is 6.26 Å². The van der Waals surface area contributed by atoms with Crippen molar-refractivity contribution in [2.75, 3.05) is 12.8 Å². The molecule has 1 amide bonds. The zero-order valence-electron chi connectivity index (χ0n) is 14.2. The highest BCUT2D eigenvalue weighted by Crippen LogP contribution is 2.25. The first-order valence-electron chi connectivity index (χ1n) is 7.67. The monoisotopic (exact) mass is 382 g/mol. The average Bonchev–Trinajstić information content (AvgIpc) is 2.53. The first kappa shape index (κ1) is 21.2. The minimum atomic E-state index is -3.32. The van der Waals surface area contributed by atoms with Crippen LogP contribution in [0.15, 0.2) is 53.4 Å². The molecule has 0 fully saturated rings. The second kappa shape index (κ2) is 8.99. The summed E-state index contributed by atoms with van der Waals surface area (Å²) in [5.74, 6) is -0.173. The van der Waals surface area contributed by atoms with Gasteiger partial charge in [0, 0.05) is 19.2 Å². The van der Waals surface area contributed by atoms with Crippen molar-refractivity contribution in [2.45, 2.75) is 24.3 Å². The molecule has 2 aromatic rings. The van der Waals surface area contributed by atoms with E-state index in [1.54, 1.807) is 18.2 Å². The van der Waals surface area contributed by atoms with Crippen LogP contribution in [0.1, 0.15) is 29.2 Å². The van der Waals surface area contributed by atoms with Crippen LogP contribution in [0.3, 0.4) is 0 Å². The van der Waals surface area contributed by atoms with E-state index in [4.69, 9.17) is 5.73 Å². The second-order valence-corrected chi connectivity index (χ2v) is 7.81. The standard InChI is InChI=1S/C18H22N2O3S.ClH/c1-13-6-8-14(9-7-13)18(20-17(21)10-11-19)15-4-3-5-16(12-15)24(2,22)23;/h3-9,12,18H,10-11,19H2,1-2H3,(H,20,21);1H. The molecular formula is C18H23ClN2O3S. The molecule has 0 spiro atoms. The molecular weight excluding hydrogens is 360 g/mol. The van der Waals surface area contributed by atoms with Gasteiger partial charge in [-0.25, -0.2) is 8.42 Å². The molecule has 136 valence electrons. The fraction of sp³-hybridized carbons (Fsp3) is 0.278. The Bertz CT molecular complexity index is 820. The molecule has 0 aliphatic rings. The average molecular weight is 383 g/mol. The van der Waals surface area contributed by atoms with Crippen LogP contribution in [0.2, 0.25) is 0 Å². The number of carbonyl (C=O) groups is 1. The summed E-state index contributed by atoms with van der Waals surface area (Å²) in [6, 6.07) is 14.0. The molecule has 5 nitrogen and oxygen atoms in total. The van der Waals surface area contributed by atoms with Crippen LogP contribution < -0.4 is 11.1 Å². The van der Waals surface area contributed by atoms with Gasteiger partial charge in [0.15, 0.2) is 9.84 Å². The van der Waals surface area contributed by atoms with Gasteiger partial charge in [-0.1, -0.05) is 42.0 Å². The maximum atomic E-state index is 12.0. The molecule has 3 N–H and O–H groups in total. The number of benzene rings is 2. The van der Waals surface area contributed by atoms with Crippen molar-refractivity contribution in [2.24, 2.45) is 5.73 Å². The molecule has 25 heavy (non-hydrogen) atoms. The Morgan fingerprint density at radius 1 is 1.12 bits per heavy atom. The van der Waals surface area contributed by atoms with Crippen molar-refractivity contribution >= 4 is 28.2 Å². The molecule has 7 heteroatoms. The zero-order chi connectivity index (χ0) is 17.7. The largest absolute Gasteiger partial charge is 0.345 e. The number of nitrogens with two attached hydrogens (primary N) is 1. The number of amides is 1. The van der Waals surface area contributed by atoms with Gasteiger partial charge in [0.2, 0.25) is 5.91 Å². The van der Waals surface area contributed by atoms with Gasteiger partial charge in [0.05, 0.1) is 10.9 Å². The van der Waals surface area contributed by atoms with E-state index in [9.17, 15) is 13.2 Å². The molecule has 0 bridgehead atoms. The summed E-state index contributed by atoms with van der Waals surface area (Å²) < 4.78 is 23.6. The van der Waals surface area contributed by atoms with Crippen molar-refractivity contribution < 1.29 is 13.2 Å². The molecule has 0 saturated heterocycles. The SMILES string of the molecule is Cc1ccc(C(NC(=O)CCN)c2cccc(S(C)(=O)=O)c2)cc1.Cl. The lowest BCUT2D eigenvalue weighted by atomic mass is 9.97. The van der Waals surface area contributed by atoms with Crippen LogP contribution in [-0.4, -0.2) is 27.1 Å². The van der Waals surface area contributed by atoms with E-state index < -0.39 is 15.9 Å². The Morgan fingerprint density at radius 2 is 1.76 bits per heavy atom. The summed E-state index contributed by atoms with van der Waals surface area (Å²) >= 11 is 0. The number of nitrogens with one attached hydrogen (secondary N) is 1. The molecule has 0 aromatic heterocycles. The normalized spacial score (nSPS) is 12.1. The Labute approximate surface area is 155 Å². The number of carbonyl (C=O) groups excluding carboxylic acids is 1. The van der Waals surface area contributed by atoms with Crippen LogP contribution in [-0.2, 0) is 14.6 Å². The molecule has 1 unspecified atom stereocenters. The van der Waals surface area contributed by atoms with E-state index in [2.05, 4.69) is 5.32 Å². The number of sulfone groups is 1. The van der Waals surface area contributed by atoms with Gasteiger partial charge < -0.3 is 11.1 Å². The molecule has 2 aromatic carbocycles. The van der Waals surface area contributed by atoms with E-state index in [1.807, 2.05) is 37.3 Å². The van der Waals surface area contributed by atoms with Crippen molar-refractivity contribution in [1.82, 2.24) is 5.32 Å². The summed E-state index contributed by atoms with van der Waals surface area (Å²) in [6.07, 6.45) is 1.38. The predicted octanol–water partition coefficient (Wildman–Crippen LogP) is 2.37. The lowest BCUT2D eigenvalue weighted by Gasteiger charge is -2.20. The topological polar surface area (TPSA) is 89.3 Å². The lowest BCUT2D eigenvalue weighted by molar-refractivity contribution is -0.121. The summed E-state index contributed by atoms with van der Waals surface area (Å²) in [7, 11) is -3.32. The highest BCUT2D eigenvalue weighted by atomic mass is 35.5. The van der Waals surface area contributed by atoms with Gasteiger partial charge in [-0.15, -0.1) is 12.4 Å². The molecule has 0 saturated carbocycles. The van der Waals surface area contributed by atoms with Crippen molar-refractivity contribution in [1.29, 1.82) is 0 Å². The minimum absolute atomic E-state index is 0. The zero-order valence-corrected chi connectivity index (χ0v) is 15.9. The van der Waals surface area contributed by atoms with Crippen LogP contribution in [0, 0.1) is 6.92 Å². The van der Waals surface area contributed by atoms with Gasteiger partial charge in [-0.05, 0) is 30.2 Å². The van der Waals surface area contributed by atoms with Gasteiger partial charge in [-0.2, -0.15) is 0 Å². The van der Waals surface area contributed by atoms with Crippen LogP contribution in [0.25, 0.3) is 0 Å². The van der Waals surface area contributed by atoms with E-state index >= 15 is 0 Å². The van der Waals surface area contributed by atoms with Crippen molar-refractivity contribution in [3.8, 4) is 0 Å². The third-order valence-corrected chi connectivity index (χ3v) is 4.82. The smallest absolute Gasteiger partial charge is 0.222 e. The first-order valence-corrected chi connectivity index (χ1v) is 9.56. The van der Waals surface area contributed by atoms with Gasteiger partial charge in [-0.3, -0.25) is 4.79 Å². The Balaban J connectivity index is 0.00000312. The van der Waals surface area contributed by atoms with Crippen molar-refractivity contribution in [3.05, 3.63) is 65.2 Å². The molecule has 0 aliphatic carbocycles. The van der Waals surface area contributed by atoms with E-state index in [0.717, 1.165) is 11.1 Å². The summed E-state index contributed by atoms with van der Waals surface area (Å²) in [4.78, 5) is 12.3. The van der Waals surface area contributed by atoms with Gasteiger partial charge >= 0.3 is 0 Å². The Hall–Kier alpha value is -1.89. The van der Waals surface area contributed by atoms with E-state index in [-0.39, 0.29) is 36.2 Å². The molecule has 2 rings (SSSR count). The van der Waals surface area contributed by atoms with Gasteiger partial charge in [0.1, 0.15) is 0 Å². The highest BCUT2D eigenvalue weighted by molar-refractivity contribution is 7.90. The third-order valence-electron chi connectivity index (χ3n) is 3.71. The molecule has 0 heterocycles. The van der Waals surface area contributed by atoms with Crippen LogP contribution in [0.5, 0.6) is 0 Å². The number of hydrogen-bond acceptors (Lipinski definition) is 4. The van der Waals surface area contributed by atoms with Crippen LogP contribution >= 0.6 is 12.4 Å². The van der Waals surface area contributed by atoms with Gasteiger partial charge in [0.25, 0.3) is 0 Å². The maximum absolute atomic E-state index is 12.0. The summed E-state index contributed by atoms with van der Waals surface area (Å²) in [5.41, 5.74) is 8.15. The Kier molecular flexibility index (Phi) is 7.60.